The quantitative estimate of drug-likeness (QED) is 0.698. The molecule has 0 aliphatic rings. The van der Waals surface area contributed by atoms with Crippen molar-refractivity contribution in [1.29, 1.82) is 0 Å². The van der Waals surface area contributed by atoms with Crippen molar-refractivity contribution in [3.8, 4) is 10.6 Å². The molecule has 0 atom stereocenters. The molecule has 0 bridgehead atoms. The number of carbonyl (C=O) groups is 1. The summed E-state index contributed by atoms with van der Waals surface area (Å²) < 4.78 is 1.72. The fraction of sp³-hybridized carbons (Fsp3) is 0.154. The number of carbonyl (C=O) groups excluding carboxylic acids is 1. The summed E-state index contributed by atoms with van der Waals surface area (Å²) in [5, 5.41) is 19.1. The van der Waals surface area contributed by atoms with E-state index in [4.69, 9.17) is 12.2 Å². The third-order valence-electron chi connectivity index (χ3n) is 2.83. The van der Waals surface area contributed by atoms with E-state index in [1.54, 1.807) is 4.52 Å². The summed E-state index contributed by atoms with van der Waals surface area (Å²) in [6, 6.07) is 7.61. The van der Waals surface area contributed by atoms with Crippen LogP contribution < -0.4 is 10.6 Å². The highest BCUT2D eigenvalue weighted by atomic mass is 32.1. The van der Waals surface area contributed by atoms with E-state index in [-0.39, 0.29) is 11.0 Å². The Bertz CT molecular complexity index is 851. The number of hydrogen-bond donors (Lipinski definition) is 2. The molecular formula is C13H12N6OS2. The summed E-state index contributed by atoms with van der Waals surface area (Å²) in [6.07, 6.45) is 0. The van der Waals surface area contributed by atoms with Crippen LogP contribution in [0.3, 0.4) is 0 Å². The third kappa shape index (κ3) is 2.95. The van der Waals surface area contributed by atoms with E-state index < -0.39 is 0 Å². The number of rotatable bonds is 2. The van der Waals surface area contributed by atoms with Crippen LogP contribution in [-0.4, -0.2) is 30.8 Å². The Morgan fingerprint density at radius 3 is 2.64 bits per heavy atom. The van der Waals surface area contributed by atoms with E-state index in [1.165, 1.54) is 18.3 Å². The summed E-state index contributed by atoms with van der Waals surface area (Å²) in [4.78, 5) is 11.7. The van der Waals surface area contributed by atoms with Crippen LogP contribution in [0.4, 0.5) is 5.69 Å². The fourth-order valence-electron chi connectivity index (χ4n) is 1.85. The number of aryl methyl sites for hydroxylation is 1. The van der Waals surface area contributed by atoms with E-state index in [0.29, 0.717) is 0 Å². The van der Waals surface area contributed by atoms with E-state index in [2.05, 4.69) is 25.9 Å². The minimum atomic E-state index is -0.204. The lowest BCUT2D eigenvalue weighted by molar-refractivity contribution is -0.117. The minimum absolute atomic E-state index is 0.204. The number of amides is 1. The van der Waals surface area contributed by atoms with Gasteiger partial charge in [0.05, 0.1) is 0 Å². The smallest absolute Gasteiger partial charge is 0.234 e. The van der Waals surface area contributed by atoms with Gasteiger partial charge in [0.15, 0.2) is 10.9 Å². The van der Waals surface area contributed by atoms with Crippen molar-refractivity contribution >= 4 is 45.2 Å². The molecule has 9 heteroatoms. The highest BCUT2D eigenvalue weighted by Gasteiger charge is 2.10. The van der Waals surface area contributed by atoms with Gasteiger partial charge in [0.2, 0.25) is 10.9 Å². The molecule has 0 saturated heterocycles. The SMILES string of the molecule is CC(=O)NC(=S)Nc1ccc(-c2nn3c(C)nnc3s2)cc1. The average Bonchev–Trinajstić information content (AvgIpc) is 3.01. The summed E-state index contributed by atoms with van der Waals surface area (Å²) in [5.41, 5.74) is 1.77. The first kappa shape index (κ1) is 14.5. The van der Waals surface area contributed by atoms with Gasteiger partial charge in [0.25, 0.3) is 0 Å². The molecule has 0 radical (unpaired) electrons. The molecule has 7 nitrogen and oxygen atoms in total. The van der Waals surface area contributed by atoms with Crippen molar-refractivity contribution in [1.82, 2.24) is 25.1 Å². The summed E-state index contributed by atoms with van der Waals surface area (Å²) in [7, 11) is 0. The van der Waals surface area contributed by atoms with Crippen LogP contribution in [0.2, 0.25) is 0 Å². The zero-order valence-electron chi connectivity index (χ0n) is 11.8. The first-order chi connectivity index (χ1) is 10.5. The Kier molecular flexibility index (Phi) is 3.82. The molecule has 2 N–H and O–H groups in total. The molecule has 0 aliphatic carbocycles. The van der Waals surface area contributed by atoms with Gasteiger partial charge in [-0.3, -0.25) is 4.79 Å². The molecule has 0 saturated carbocycles. The second-order valence-electron chi connectivity index (χ2n) is 4.56. The van der Waals surface area contributed by atoms with Crippen molar-refractivity contribution in [3.05, 3.63) is 30.1 Å². The summed E-state index contributed by atoms with van der Waals surface area (Å²) >= 11 is 6.49. The number of anilines is 1. The molecule has 22 heavy (non-hydrogen) atoms. The van der Waals surface area contributed by atoms with E-state index >= 15 is 0 Å². The van der Waals surface area contributed by atoms with E-state index in [9.17, 15) is 4.79 Å². The summed E-state index contributed by atoms with van der Waals surface area (Å²) in [5.74, 6) is 0.556. The standard InChI is InChI=1S/C13H12N6OS2/c1-7-16-17-13-19(7)18-11(22-13)9-3-5-10(6-4-9)15-12(21)14-8(2)20/h3-6H,1-2H3,(H2,14,15,20,21). The third-order valence-corrected chi connectivity index (χ3v) is 3.98. The van der Waals surface area contributed by atoms with Crippen molar-refractivity contribution in [3.63, 3.8) is 0 Å². The zero-order valence-corrected chi connectivity index (χ0v) is 13.5. The number of nitrogens with one attached hydrogen (secondary N) is 2. The van der Waals surface area contributed by atoms with Crippen LogP contribution in [0, 0.1) is 6.92 Å². The maximum atomic E-state index is 10.9. The molecule has 112 valence electrons. The number of thiocarbonyl (C=S) groups is 1. The van der Waals surface area contributed by atoms with Crippen LogP contribution in [0.25, 0.3) is 15.5 Å². The second-order valence-corrected chi connectivity index (χ2v) is 5.93. The topological polar surface area (TPSA) is 84.2 Å². The maximum Gasteiger partial charge on any atom is 0.234 e. The highest BCUT2D eigenvalue weighted by Crippen LogP contribution is 2.26. The van der Waals surface area contributed by atoms with Crippen molar-refractivity contribution in [2.24, 2.45) is 0 Å². The van der Waals surface area contributed by atoms with Crippen molar-refractivity contribution in [2.75, 3.05) is 5.32 Å². The first-order valence-electron chi connectivity index (χ1n) is 6.41. The predicted molar refractivity (Wildman–Crippen MR) is 88.9 cm³/mol. The van der Waals surface area contributed by atoms with Gasteiger partial charge in [-0.1, -0.05) is 11.3 Å². The number of benzene rings is 1. The molecule has 3 rings (SSSR count). The number of fused-ring (bicyclic) bond motifs is 1. The molecule has 2 aromatic heterocycles. The second kappa shape index (κ2) is 5.78. The van der Waals surface area contributed by atoms with Crippen LogP contribution >= 0.6 is 23.6 Å². The van der Waals surface area contributed by atoms with E-state index in [1.807, 2.05) is 31.2 Å². The van der Waals surface area contributed by atoms with Gasteiger partial charge in [-0.25, -0.2) is 0 Å². The van der Waals surface area contributed by atoms with Gasteiger partial charge in [-0.2, -0.15) is 9.61 Å². The summed E-state index contributed by atoms with van der Waals surface area (Å²) in [6.45, 7) is 3.27. The normalized spacial score (nSPS) is 10.6. The lowest BCUT2D eigenvalue weighted by Crippen LogP contribution is -2.32. The predicted octanol–water partition coefficient (Wildman–Crippen LogP) is 1.99. The molecule has 0 fully saturated rings. The molecule has 0 spiro atoms. The van der Waals surface area contributed by atoms with Gasteiger partial charge in [0, 0.05) is 18.2 Å². The molecule has 2 heterocycles. The highest BCUT2D eigenvalue weighted by molar-refractivity contribution is 7.80. The van der Waals surface area contributed by atoms with Gasteiger partial charge < -0.3 is 10.6 Å². The Hall–Kier alpha value is -2.39. The van der Waals surface area contributed by atoms with Crippen LogP contribution in [0.5, 0.6) is 0 Å². The number of nitrogens with zero attached hydrogens (tertiary/aromatic N) is 4. The van der Waals surface area contributed by atoms with Gasteiger partial charge in [-0.05, 0) is 43.4 Å². The van der Waals surface area contributed by atoms with Gasteiger partial charge >= 0.3 is 0 Å². The van der Waals surface area contributed by atoms with Gasteiger partial charge in [0.1, 0.15) is 5.01 Å². The molecular weight excluding hydrogens is 320 g/mol. The number of hydrogen-bond acceptors (Lipinski definition) is 6. The van der Waals surface area contributed by atoms with Crippen LogP contribution in [0.1, 0.15) is 12.7 Å². The fourth-order valence-corrected chi connectivity index (χ4v) is 3.00. The minimum Gasteiger partial charge on any atom is -0.332 e. The van der Waals surface area contributed by atoms with Crippen LogP contribution in [-0.2, 0) is 4.79 Å². The van der Waals surface area contributed by atoms with Crippen molar-refractivity contribution in [2.45, 2.75) is 13.8 Å². The first-order valence-corrected chi connectivity index (χ1v) is 7.63. The Morgan fingerprint density at radius 1 is 1.27 bits per heavy atom. The molecule has 3 aromatic rings. The Morgan fingerprint density at radius 2 is 2.00 bits per heavy atom. The molecule has 0 aliphatic heterocycles. The molecule has 0 unspecified atom stereocenters. The van der Waals surface area contributed by atoms with Gasteiger partial charge in [-0.15, -0.1) is 10.2 Å². The largest absolute Gasteiger partial charge is 0.332 e. The van der Waals surface area contributed by atoms with E-state index in [0.717, 1.165) is 27.0 Å². The van der Waals surface area contributed by atoms with Crippen molar-refractivity contribution < 1.29 is 4.79 Å². The number of aromatic nitrogens is 4. The molecule has 1 amide bonds. The zero-order chi connectivity index (χ0) is 15.7. The Balaban J connectivity index is 1.78. The lowest BCUT2D eigenvalue weighted by atomic mass is 10.2. The van der Waals surface area contributed by atoms with Crippen LogP contribution in [0.15, 0.2) is 24.3 Å². The molecule has 1 aromatic carbocycles. The monoisotopic (exact) mass is 332 g/mol. The lowest BCUT2D eigenvalue weighted by Gasteiger charge is -2.08. The average molecular weight is 332 g/mol. The Labute approximate surface area is 135 Å². The maximum absolute atomic E-state index is 10.9.